The topological polar surface area (TPSA) is 78.6 Å². The van der Waals surface area contributed by atoms with Crippen LogP contribution >= 0.6 is 11.8 Å². The summed E-state index contributed by atoms with van der Waals surface area (Å²) < 4.78 is 10.5. The van der Waals surface area contributed by atoms with E-state index in [0.29, 0.717) is 24.2 Å². The number of ether oxygens (including phenoxy) is 2. The Morgan fingerprint density at radius 1 is 1.29 bits per heavy atom. The zero-order chi connectivity index (χ0) is 17.3. The van der Waals surface area contributed by atoms with Crippen LogP contribution in [0.5, 0.6) is 0 Å². The third-order valence-corrected chi connectivity index (χ3v) is 5.08. The number of Topliss-reactive ketones (excluding diaryl/α,β-unsaturated/α-hetero) is 1. The molecule has 1 aromatic carbocycles. The number of esters is 1. The van der Waals surface area contributed by atoms with Crippen LogP contribution in [0, 0.1) is 0 Å². The molecule has 1 heterocycles. The van der Waals surface area contributed by atoms with Crippen LogP contribution in [0.2, 0.25) is 0 Å². The number of carbonyl (C=O) groups is 2. The number of hydrogen-bond donors (Lipinski definition) is 1. The number of hydrogen-bond acceptors (Lipinski definition) is 6. The van der Waals surface area contributed by atoms with E-state index >= 15 is 0 Å². The molecule has 24 heavy (non-hydrogen) atoms. The number of nitrogens with two attached hydrogens (primary N) is 1. The number of methoxy groups -OCH3 is 1. The van der Waals surface area contributed by atoms with Crippen molar-refractivity contribution in [2.75, 3.05) is 13.4 Å². The molecular weight excluding hydrogens is 326 g/mol. The van der Waals surface area contributed by atoms with Gasteiger partial charge in [0, 0.05) is 23.3 Å². The Morgan fingerprint density at radius 2 is 2.00 bits per heavy atom. The highest BCUT2D eigenvalue weighted by atomic mass is 32.2. The summed E-state index contributed by atoms with van der Waals surface area (Å²) in [6.07, 6.45) is 3.83. The Bertz CT molecular complexity index is 749. The van der Waals surface area contributed by atoms with Crippen LogP contribution in [0.3, 0.4) is 0 Å². The Hall–Kier alpha value is -2.21. The normalized spacial score (nSPS) is 20.6. The summed E-state index contributed by atoms with van der Waals surface area (Å²) in [4.78, 5) is 25.9. The third kappa shape index (κ3) is 2.82. The van der Waals surface area contributed by atoms with Crippen molar-refractivity contribution in [2.45, 2.75) is 30.1 Å². The first-order chi connectivity index (χ1) is 11.6. The molecule has 2 N–H and O–H groups in total. The fourth-order valence-electron chi connectivity index (χ4n) is 3.19. The van der Waals surface area contributed by atoms with E-state index in [1.165, 1.54) is 7.11 Å². The molecule has 1 aromatic rings. The fraction of sp³-hybridized carbons (Fsp3) is 0.333. The number of allylic oxidation sites excluding steroid dienone is 2. The molecule has 0 unspecified atom stereocenters. The van der Waals surface area contributed by atoms with E-state index < -0.39 is 11.9 Å². The number of benzene rings is 1. The SMILES string of the molecule is COC(=O)C1=C(N)OC2=C(C(=O)CCC2)[C@H]1c1ccc(SC)cc1. The van der Waals surface area contributed by atoms with Gasteiger partial charge in [0.15, 0.2) is 5.78 Å². The van der Waals surface area contributed by atoms with Gasteiger partial charge in [0.2, 0.25) is 5.88 Å². The van der Waals surface area contributed by atoms with Crippen LogP contribution in [0.25, 0.3) is 0 Å². The maximum absolute atomic E-state index is 12.5. The minimum absolute atomic E-state index is 0.00379. The lowest BCUT2D eigenvalue weighted by Gasteiger charge is -2.32. The highest BCUT2D eigenvalue weighted by Crippen LogP contribution is 2.44. The molecule has 0 fully saturated rings. The Kier molecular flexibility index (Phi) is 4.66. The zero-order valence-corrected chi connectivity index (χ0v) is 14.4. The van der Waals surface area contributed by atoms with Crippen molar-refractivity contribution >= 4 is 23.5 Å². The maximum atomic E-state index is 12.5. The van der Waals surface area contributed by atoms with Gasteiger partial charge in [-0.25, -0.2) is 4.79 Å². The quantitative estimate of drug-likeness (QED) is 0.670. The monoisotopic (exact) mass is 345 g/mol. The Morgan fingerprint density at radius 3 is 2.62 bits per heavy atom. The van der Waals surface area contributed by atoms with E-state index in [9.17, 15) is 9.59 Å². The van der Waals surface area contributed by atoms with Crippen LogP contribution < -0.4 is 5.73 Å². The summed E-state index contributed by atoms with van der Waals surface area (Å²) in [5.74, 6) is -0.505. The maximum Gasteiger partial charge on any atom is 0.340 e. The van der Waals surface area contributed by atoms with E-state index in [1.54, 1.807) is 11.8 Å². The minimum Gasteiger partial charge on any atom is -0.465 e. The minimum atomic E-state index is -0.573. The first-order valence-corrected chi connectivity index (χ1v) is 8.95. The smallest absolute Gasteiger partial charge is 0.340 e. The lowest BCUT2D eigenvalue weighted by molar-refractivity contribution is -0.136. The molecule has 0 radical (unpaired) electrons. The predicted octanol–water partition coefficient (Wildman–Crippen LogP) is 2.87. The van der Waals surface area contributed by atoms with E-state index in [2.05, 4.69) is 0 Å². The fourth-order valence-corrected chi connectivity index (χ4v) is 3.60. The van der Waals surface area contributed by atoms with Crippen molar-refractivity contribution in [1.29, 1.82) is 0 Å². The van der Waals surface area contributed by atoms with Crippen LogP contribution in [-0.4, -0.2) is 25.1 Å². The van der Waals surface area contributed by atoms with Gasteiger partial charge in [0.25, 0.3) is 0 Å². The number of rotatable bonds is 3. The van der Waals surface area contributed by atoms with Gasteiger partial charge in [-0.15, -0.1) is 11.8 Å². The zero-order valence-electron chi connectivity index (χ0n) is 13.6. The number of carbonyl (C=O) groups excluding carboxylic acids is 2. The molecule has 3 rings (SSSR count). The second kappa shape index (κ2) is 6.73. The second-order valence-corrected chi connectivity index (χ2v) is 6.57. The van der Waals surface area contributed by atoms with Crippen LogP contribution in [0.15, 0.2) is 51.9 Å². The molecule has 0 bridgehead atoms. The average molecular weight is 345 g/mol. The van der Waals surface area contributed by atoms with Crippen molar-refractivity contribution in [3.8, 4) is 0 Å². The Balaban J connectivity index is 2.15. The molecular formula is C18H19NO4S. The van der Waals surface area contributed by atoms with Crippen molar-refractivity contribution in [2.24, 2.45) is 5.73 Å². The summed E-state index contributed by atoms with van der Waals surface area (Å²) in [7, 11) is 1.29. The Labute approximate surface area is 144 Å². The molecule has 0 saturated heterocycles. The second-order valence-electron chi connectivity index (χ2n) is 5.69. The molecule has 0 aromatic heterocycles. The lowest BCUT2D eigenvalue weighted by atomic mass is 9.77. The van der Waals surface area contributed by atoms with Crippen molar-refractivity contribution in [1.82, 2.24) is 0 Å². The highest BCUT2D eigenvalue weighted by molar-refractivity contribution is 7.98. The first kappa shape index (κ1) is 16.6. The van der Waals surface area contributed by atoms with Gasteiger partial charge in [0.1, 0.15) is 11.3 Å². The van der Waals surface area contributed by atoms with Gasteiger partial charge in [-0.1, -0.05) is 12.1 Å². The standard InChI is InChI=1S/C18H19NO4S/c1-22-18(21)16-14(10-6-8-11(24-2)9-7-10)15-12(20)4-3-5-13(15)23-17(16)19/h6-9,14H,3-5,19H2,1-2H3/t14-/m1/s1. The van der Waals surface area contributed by atoms with Crippen LogP contribution in [0.1, 0.15) is 30.7 Å². The average Bonchev–Trinajstić information content (AvgIpc) is 2.60. The van der Waals surface area contributed by atoms with E-state index in [-0.39, 0.29) is 17.2 Å². The molecule has 2 aliphatic rings. The van der Waals surface area contributed by atoms with Crippen LogP contribution in [0.4, 0.5) is 0 Å². The molecule has 0 spiro atoms. The van der Waals surface area contributed by atoms with Crippen molar-refractivity contribution in [3.63, 3.8) is 0 Å². The predicted molar refractivity (Wildman–Crippen MR) is 91.2 cm³/mol. The summed E-state index contributed by atoms with van der Waals surface area (Å²) in [5, 5.41) is 0. The van der Waals surface area contributed by atoms with Gasteiger partial charge in [-0.2, -0.15) is 0 Å². The summed E-state index contributed by atoms with van der Waals surface area (Å²) in [5.41, 5.74) is 7.57. The van der Waals surface area contributed by atoms with E-state index in [0.717, 1.165) is 16.9 Å². The van der Waals surface area contributed by atoms with Gasteiger partial charge in [0.05, 0.1) is 13.0 Å². The van der Waals surface area contributed by atoms with Gasteiger partial charge in [-0.05, 0) is 30.4 Å². The molecule has 126 valence electrons. The van der Waals surface area contributed by atoms with E-state index in [1.807, 2.05) is 30.5 Å². The largest absolute Gasteiger partial charge is 0.465 e. The summed E-state index contributed by atoms with van der Waals surface area (Å²) in [6.45, 7) is 0. The van der Waals surface area contributed by atoms with Crippen molar-refractivity contribution in [3.05, 3.63) is 52.6 Å². The number of ketones is 1. The van der Waals surface area contributed by atoms with Gasteiger partial charge in [-0.3, -0.25) is 4.79 Å². The molecule has 5 nitrogen and oxygen atoms in total. The third-order valence-electron chi connectivity index (χ3n) is 4.34. The summed E-state index contributed by atoms with van der Waals surface area (Å²) >= 11 is 1.63. The molecule has 0 saturated carbocycles. The van der Waals surface area contributed by atoms with Crippen LogP contribution in [-0.2, 0) is 19.1 Å². The molecule has 1 aliphatic carbocycles. The van der Waals surface area contributed by atoms with Gasteiger partial charge < -0.3 is 15.2 Å². The molecule has 6 heteroatoms. The summed E-state index contributed by atoms with van der Waals surface area (Å²) in [6, 6.07) is 7.78. The van der Waals surface area contributed by atoms with Gasteiger partial charge >= 0.3 is 5.97 Å². The molecule has 1 aliphatic heterocycles. The van der Waals surface area contributed by atoms with E-state index in [4.69, 9.17) is 15.2 Å². The molecule has 0 amide bonds. The highest BCUT2D eigenvalue weighted by Gasteiger charge is 2.40. The first-order valence-electron chi connectivity index (χ1n) is 7.72. The molecule has 1 atom stereocenters. The number of thioether (sulfide) groups is 1. The van der Waals surface area contributed by atoms with Crippen molar-refractivity contribution < 1.29 is 19.1 Å². The lowest BCUT2D eigenvalue weighted by Crippen LogP contribution is -2.31.